The maximum absolute atomic E-state index is 12.4. The lowest BCUT2D eigenvalue weighted by Crippen LogP contribution is -2.21. The Kier molecular flexibility index (Phi) is 4.39. The molecule has 0 aliphatic rings. The maximum Gasteiger partial charge on any atom is 0.307 e. The summed E-state index contributed by atoms with van der Waals surface area (Å²) in [6, 6.07) is 7.12. The number of Topliss-reactive ketones (excluding diaryl/α,β-unsaturated/α-hetero) is 1. The van der Waals surface area contributed by atoms with Crippen molar-refractivity contribution in [3.8, 4) is 5.75 Å². The Bertz CT molecular complexity index is 685. The molecule has 106 valence electrons. The van der Waals surface area contributed by atoms with Gasteiger partial charge in [-0.25, -0.2) is 0 Å². The predicted molar refractivity (Wildman–Crippen MR) is 80.0 cm³/mol. The van der Waals surface area contributed by atoms with Crippen molar-refractivity contribution < 1.29 is 9.53 Å². The molecule has 0 saturated heterocycles. The summed E-state index contributed by atoms with van der Waals surface area (Å²) in [6.45, 7) is 6.17. The number of carbonyl (C=O) groups is 1. The van der Waals surface area contributed by atoms with Gasteiger partial charge < -0.3 is 4.74 Å². The normalized spacial score (nSPS) is 10.6. The highest BCUT2D eigenvalue weighted by Gasteiger charge is 2.16. The number of hydrogen-bond donors (Lipinski definition) is 0. The van der Waals surface area contributed by atoms with Crippen LogP contribution in [0.3, 0.4) is 0 Å². The van der Waals surface area contributed by atoms with E-state index in [0.29, 0.717) is 17.9 Å². The largest absolute Gasteiger partial charge is 0.493 e. The Labute approximate surface area is 121 Å². The van der Waals surface area contributed by atoms with Crippen LogP contribution in [0, 0.1) is 13.8 Å². The summed E-state index contributed by atoms with van der Waals surface area (Å²) in [4.78, 5) is 25.1. The molecule has 1 heterocycles. The summed E-state index contributed by atoms with van der Waals surface area (Å²) in [5.41, 5.74) is 1.37. The van der Waals surface area contributed by atoms with Crippen LogP contribution in [0.1, 0.15) is 27.9 Å². The number of rotatable bonds is 5. The van der Waals surface area contributed by atoms with Crippen molar-refractivity contribution in [2.45, 2.75) is 27.3 Å². The molecule has 20 heavy (non-hydrogen) atoms. The number of thiazole rings is 1. The molecular formula is C15H17NO3S. The molecule has 2 rings (SSSR count). The molecule has 0 spiro atoms. The number of ketones is 1. The Morgan fingerprint density at radius 1 is 1.30 bits per heavy atom. The Morgan fingerprint density at radius 2 is 2.00 bits per heavy atom. The molecular weight excluding hydrogens is 274 g/mol. The molecule has 0 radical (unpaired) electrons. The van der Waals surface area contributed by atoms with Gasteiger partial charge in [-0.05, 0) is 32.9 Å². The van der Waals surface area contributed by atoms with Crippen LogP contribution in [0.25, 0.3) is 0 Å². The van der Waals surface area contributed by atoms with E-state index in [2.05, 4.69) is 0 Å². The second kappa shape index (κ2) is 6.05. The molecule has 0 amide bonds. The fraction of sp³-hybridized carbons (Fsp3) is 0.333. The Hall–Kier alpha value is -1.88. The summed E-state index contributed by atoms with van der Waals surface area (Å²) < 4.78 is 6.97. The number of hydrogen-bond acceptors (Lipinski definition) is 4. The van der Waals surface area contributed by atoms with Gasteiger partial charge in [-0.2, -0.15) is 0 Å². The first kappa shape index (κ1) is 14.5. The van der Waals surface area contributed by atoms with Crippen molar-refractivity contribution in [1.29, 1.82) is 0 Å². The Balaban J connectivity index is 2.31. The molecule has 0 saturated carbocycles. The number of nitrogens with zero attached hydrogens (tertiary/aromatic N) is 1. The van der Waals surface area contributed by atoms with Crippen molar-refractivity contribution in [2.75, 3.05) is 6.61 Å². The average Bonchev–Trinajstić information content (AvgIpc) is 2.66. The van der Waals surface area contributed by atoms with Gasteiger partial charge in [-0.1, -0.05) is 23.5 Å². The smallest absolute Gasteiger partial charge is 0.307 e. The lowest BCUT2D eigenvalue weighted by molar-refractivity contribution is 0.0967. The molecule has 0 aliphatic carbocycles. The predicted octanol–water partition coefficient (Wildman–Crippen LogP) is 2.81. The SMILES string of the molecule is CCOc1ccccc1C(=O)Cn1c(C)c(C)sc1=O. The van der Waals surface area contributed by atoms with E-state index in [-0.39, 0.29) is 17.2 Å². The van der Waals surface area contributed by atoms with E-state index >= 15 is 0 Å². The van der Waals surface area contributed by atoms with Gasteiger partial charge in [-0.15, -0.1) is 0 Å². The van der Waals surface area contributed by atoms with Crippen molar-refractivity contribution in [1.82, 2.24) is 4.57 Å². The van der Waals surface area contributed by atoms with Gasteiger partial charge in [0.1, 0.15) is 5.75 Å². The first-order valence-corrected chi connectivity index (χ1v) is 7.28. The molecule has 0 unspecified atom stereocenters. The minimum Gasteiger partial charge on any atom is -0.493 e. The summed E-state index contributed by atoms with van der Waals surface area (Å²) in [6.07, 6.45) is 0. The van der Waals surface area contributed by atoms with Gasteiger partial charge in [-0.3, -0.25) is 14.2 Å². The number of benzene rings is 1. The second-order valence-electron chi connectivity index (χ2n) is 4.45. The number of para-hydroxylation sites is 1. The molecule has 0 fully saturated rings. The van der Waals surface area contributed by atoms with E-state index in [4.69, 9.17) is 4.74 Å². The standard InChI is InChI=1S/C15H17NO3S/c1-4-19-14-8-6-5-7-12(14)13(17)9-16-10(2)11(3)20-15(16)18/h5-8H,4,9H2,1-3H3. The lowest BCUT2D eigenvalue weighted by atomic mass is 10.1. The Morgan fingerprint density at radius 3 is 2.60 bits per heavy atom. The highest BCUT2D eigenvalue weighted by Crippen LogP contribution is 2.19. The van der Waals surface area contributed by atoms with E-state index in [0.717, 1.165) is 10.6 Å². The summed E-state index contributed by atoms with van der Waals surface area (Å²) in [5, 5.41) is 0. The van der Waals surface area contributed by atoms with Crippen LogP contribution >= 0.6 is 11.3 Å². The van der Waals surface area contributed by atoms with Crippen molar-refractivity contribution in [3.05, 3.63) is 50.1 Å². The van der Waals surface area contributed by atoms with Gasteiger partial charge in [0.15, 0.2) is 5.78 Å². The molecule has 1 aromatic carbocycles. The number of carbonyl (C=O) groups excluding carboxylic acids is 1. The zero-order valence-electron chi connectivity index (χ0n) is 11.8. The van der Waals surface area contributed by atoms with Gasteiger partial charge in [0.25, 0.3) is 0 Å². The van der Waals surface area contributed by atoms with Crippen LogP contribution < -0.4 is 9.61 Å². The van der Waals surface area contributed by atoms with E-state index in [1.807, 2.05) is 26.8 Å². The molecule has 2 aromatic rings. The van der Waals surface area contributed by atoms with Crippen LogP contribution in [0.4, 0.5) is 0 Å². The third-order valence-corrected chi connectivity index (χ3v) is 4.16. The van der Waals surface area contributed by atoms with E-state index < -0.39 is 0 Å². The fourth-order valence-corrected chi connectivity index (χ4v) is 2.81. The topological polar surface area (TPSA) is 48.3 Å². The van der Waals surface area contributed by atoms with Crippen LogP contribution in [0.5, 0.6) is 5.75 Å². The summed E-state index contributed by atoms with van der Waals surface area (Å²) in [7, 11) is 0. The van der Waals surface area contributed by atoms with Gasteiger partial charge in [0.2, 0.25) is 0 Å². The van der Waals surface area contributed by atoms with Gasteiger partial charge >= 0.3 is 4.87 Å². The number of aryl methyl sites for hydroxylation is 1. The molecule has 1 aromatic heterocycles. The summed E-state index contributed by atoms with van der Waals surface area (Å²) in [5.74, 6) is 0.453. The minimum absolute atomic E-state index is 0.0547. The van der Waals surface area contributed by atoms with Crippen molar-refractivity contribution in [2.24, 2.45) is 0 Å². The van der Waals surface area contributed by atoms with Crippen molar-refractivity contribution in [3.63, 3.8) is 0 Å². The lowest BCUT2D eigenvalue weighted by Gasteiger charge is -2.10. The summed E-state index contributed by atoms with van der Waals surface area (Å²) >= 11 is 1.17. The van der Waals surface area contributed by atoms with Crippen LogP contribution in [0.15, 0.2) is 29.1 Å². The van der Waals surface area contributed by atoms with Gasteiger partial charge in [0.05, 0.1) is 18.7 Å². The average molecular weight is 291 g/mol. The van der Waals surface area contributed by atoms with E-state index in [1.54, 1.807) is 18.2 Å². The maximum atomic E-state index is 12.4. The van der Waals surface area contributed by atoms with E-state index in [1.165, 1.54) is 15.9 Å². The van der Waals surface area contributed by atoms with E-state index in [9.17, 15) is 9.59 Å². The van der Waals surface area contributed by atoms with Gasteiger partial charge in [0, 0.05) is 10.6 Å². The quantitative estimate of drug-likeness (QED) is 0.796. The molecule has 0 atom stereocenters. The third kappa shape index (κ3) is 2.82. The third-order valence-electron chi connectivity index (χ3n) is 3.16. The molecule has 0 N–H and O–H groups in total. The monoisotopic (exact) mass is 291 g/mol. The first-order valence-electron chi connectivity index (χ1n) is 6.46. The molecule has 0 aliphatic heterocycles. The highest BCUT2D eigenvalue weighted by atomic mass is 32.1. The minimum atomic E-state index is -0.114. The first-order chi connectivity index (χ1) is 9.54. The molecule has 4 nitrogen and oxygen atoms in total. The zero-order chi connectivity index (χ0) is 14.7. The second-order valence-corrected chi connectivity index (χ2v) is 5.61. The van der Waals surface area contributed by atoms with Crippen LogP contribution in [-0.2, 0) is 6.54 Å². The zero-order valence-corrected chi connectivity index (χ0v) is 12.6. The molecule has 5 heteroatoms. The van der Waals surface area contributed by atoms with Crippen molar-refractivity contribution >= 4 is 17.1 Å². The number of ether oxygens (including phenoxy) is 1. The molecule has 0 bridgehead atoms. The van der Waals surface area contributed by atoms with Crippen LogP contribution in [-0.4, -0.2) is 17.0 Å². The number of aromatic nitrogens is 1. The fourth-order valence-electron chi connectivity index (χ4n) is 1.98. The highest BCUT2D eigenvalue weighted by molar-refractivity contribution is 7.09. The van der Waals surface area contributed by atoms with Crippen LogP contribution in [0.2, 0.25) is 0 Å².